The lowest BCUT2D eigenvalue weighted by molar-refractivity contribution is -0.384. The number of nitrogens with two attached hydrogens (primary N) is 1. The number of nitro benzene ring substituents is 1. The summed E-state index contributed by atoms with van der Waals surface area (Å²) in [6.45, 7) is 3.67. The lowest BCUT2D eigenvalue weighted by atomic mass is 10.3. The Balaban J connectivity index is 2.03. The molecule has 1 aromatic carbocycles. The first-order valence-electron chi connectivity index (χ1n) is 7.80. The van der Waals surface area contributed by atoms with Gasteiger partial charge in [0.15, 0.2) is 17.0 Å². The van der Waals surface area contributed by atoms with Gasteiger partial charge < -0.3 is 20.9 Å². The molecule has 0 bridgehead atoms. The Labute approximate surface area is 143 Å². The van der Waals surface area contributed by atoms with E-state index in [1.54, 1.807) is 18.5 Å². The molecule has 10 nitrogen and oxygen atoms in total. The van der Waals surface area contributed by atoms with Gasteiger partial charge in [-0.3, -0.25) is 10.1 Å². The average Bonchev–Trinajstić information content (AvgIpc) is 3.03. The van der Waals surface area contributed by atoms with Crippen LogP contribution in [0.2, 0.25) is 0 Å². The number of aromatic nitrogens is 4. The first-order chi connectivity index (χ1) is 12.1. The van der Waals surface area contributed by atoms with E-state index in [1.165, 1.54) is 12.1 Å². The van der Waals surface area contributed by atoms with E-state index in [4.69, 9.17) is 5.73 Å². The van der Waals surface area contributed by atoms with Crippen molar-refractivity contribution in [3.63, 3.8) is 0 Å². The molecular formula is C15H18N8O2. The molecule has 0 aliphatic heterocycles. The fourth-order valence-corrected chi connectivity index (χ4v) is 2.36. The van der Waals surface area contributed by atoms with Gasteiger partial charge in [-0.1, -0.05) is 6.07 Å². The lowest BCUT2D eigenvalue weighted by Crippen LogP contribution is -2.15. The van der Waals surface area contributed by atoms with Gasteiger partial charge in [0.25, 0.3) is 5.69 Å². The number of nitro groups is 1. The summed E-state index contributed by atoms with van der Waals surface area (Å²) in [5.41, 5.74) is 7.32. The molecule has 4 N–H and O–H groups in total. The molecule has 3 aromatic rings. The van der Waals surface area contributed by atoms with Crippen LogP contribution in [0.25, 0.3) is 11.2 Å². The number of benzene rings is 1. The van der Waals surface area contributed by atoms with Crippen LogP contribution >= 0.6 is 0 Å². The summed E-state index contributed by atoms with van der Waals surface area (Å²) in [5.74, 6) is 0.887. The summed E-state index contributed by atoms with van der Waals surface area (Å²) in [4.78, 5) is 23.7. The third-order valence-corrected chi connectivity index (χ3v) is 3.55. The molecule has 0 aliphatic carbocycles. The molecule has 0 saturated heterocycles. The molecule has 0 radical (unpaired) electrons. The highest BCUT2D eigenvalue weighted by Crippen LogP contribution is 2.26. The van der Waals surface area contributed by atoms with E-state index in [2.05, 4.69) is 25.6 Å². The quantitative estimate of drug-likeness (QED) is 0.437. The van der Waals surface area contributed by atoms with E-state index in [0.717, 1.165) is 0 Å². The van der Waals surface area contributed by atoms with Crippen LogP contribution in [-0.4, -0.2) is 37.5 Å². The van der Waals surface area contributed by atoms with Crippen LogP contribution in [0.1, 0.15) is 6.92 Å². The average molecular weight is 342 g/mol. The molecule has 2 heterocycles. The number of aryl methyl sites for hydroxylation is 1. The number of imidazole rings is 1. The number of non-ortho nitro benzene ring substituents is 1. The zero-order valence-electron chi connectivity index (χ0n) is 13.6. The minimum Gasteiger partial charge on any atom is -0.353 e. The highest BCUT2D eigenvalue weighted by molar-refractivity contribution is 5.86. The minimum atomic E-state index is -0.444. The molecule has 25 heavy (non-hydrogen) atoms. The van der Waals surface area contributed by atoms with E-state index in [1.807, 2.05) is 11.5 Å². The fourth-order valence-electron chi connectivity index (χ4n) is 2.36. The minimum absolute atomic E-state index is 0.00383. The van der Waals surface area contributed by atoms with Gasteiger partial charge in [-0.2, -0.15) is 9.97 Å². The normalized spacial score (nSPS) is 10.8. The van der Waals surface area contributed by atoms with Crippen molar-refractivity contribution in [3.05, 3.63) is 40.7 Å². The first kappa shape index (κ1) is 16.6. The maximum Gasteiger partial charge on any atom is 0.271 e. The summed E-state index contributed by atoms with van der Waals surface area (Å²) in [7, 11) is 0. The van der Waals surface area contributed by atoms with Crippen LogP contribution in [0.5, 0.6) is 0 Å². The number of rotatable bonds is 7. The number of fused-ring (bicyclic) bond motifs is 1. The summed E-state index contributed by atoms with van der Waals surface area (Å²) < 4.78 is 1.89. The van der Waals surface area contributed by atoms with Crippen LogP contribution in [0.4, 0.5) is 23.1 Å². The lowest BCUT2D eigenvalue weighted by Gasteiger charge is -2.10. The van der Waals surface area contributed by atoms with E-state index >= 15 is 0 Å². The zero-order valence-corrected chi connectivity index (χ0v) is 13.6. The predicted molar refractivity (Wildman–Crippen MR) is 94.9 cm³/mol. The molecule has 0 amide bonds. The van der Waals surface area contributed by atoms with Crippen molar-refractivity contribution in [2.75, 3.05) is 23.7 Å². The highest BCUT2D eigenvalue weighted by atomic mass is 16.6. The van der Waals surface area contributed by atoms with Crippen LogP contribution in [0.15, 0.2) is 30.6 Å². The van der Waals surface area contributed by atoms with Crippen molar-refractivity contribution in [3.8, 4) is 0 Å². The van der Waals surface area contributed by atoms with Crippen LogP contribution in [0.3, 0.4) is 0 Å². The maximum atomic E-state index is 10.9. The van der Waals surface area contributed by atoms with Gasteiger partial charge in [0, 0.05) is 37.5 Å². The van der Waals surface area contributed by atoms with E-state index < -0.39 is 4.92 Å². The fraction of sp³-hybridized carbons (Fsp3) is 0.267. The second-order valence-corrected chi connectivity index (χ2v) is 5.25. The molecule has 0 fully saturated rings. The van der Waals surface area contributed by atoms with E-state index in [9.17, 15) is 10.1 Å². The van der Waals surface area contributed by atoms with E-state index in [0.29, 0.717) is 48.3 Å². The van der Waals surface area contributed by atoms with Crippen LogP contribution < -0.4 is 16.4 Å². The van der Waals surface area contributed by atoms with Crippen molar-refractivity contribution in [1.29, 1.82) is 0 Å². The van der Waals surface area contributed by atoms with Crippen molar-refractivity contribution in [2.24, 2.45) is 5.73 Å². The van der Waals surface area contributed by atoms with Crippen LogP contribution in [-0.2, 0) is 6.54 Å². The van der Waals surface area contributed by atoms with E-state index in [-0.39, 0.29) is 5.69 Å². The molecule has 3 rings (SSSR count). The summed E-state index contributed by atoms with van der Waals surface area (Å²) in [5, 5.41) is 17.1. The Hall–Kier alpha value is -3.27. The Morgan fingerprint density at radius 1 is 1.36 bits per heavy atom. The molecule has 130 valence electrons. The molecule has 0 atom stereocenters. The monoisotopic (exact) mass is 342 g/mol. The smallest absolute Gasteiger partial charge is 0.271 e. The third kappa shape index (κ3) is 3.48. The molecule has 0 saturated carbocycles. The molecule has 10 heteroatoms. The zero-order chi connectivity index (χ0) is 17.8. The van der Waals surface area contributed by atoms with Gasteiger partial charge in [0.1, 0.15) is 0 Å². The number of nitrogens with one attached hydrogen (secondary N) is 2. The second-order valence-electron chi connectivity index (χ2n) is 5.25. The van der Waals surface area contributed by atoms with Gasteiger partial charge in [0.2, 0.25) is 5.95 Å². The molecule has 0 unspecified atom stereocenters. The Morgan fingerprint density at radius 2 is 2.20 bits per heavy atom. The standard InChI is InChI=1S/C15H18N8O2/c1-2-22-9-18-12-13(20-15(17-7-6-16)21-14(12)22)19-10-4-3-5-11(8-10)23(24)25/h3-5,8-9H,2,6-7,16H2,1H3,(H2,17,19,20,21). The van der Waals surface area contributed by atoms with Crippen molar-refractivity contribution < 1.29 is 4.92 Å². The van der Waals surface area contributed by atoms with Gasteiger partial charge in [-0.05, 0) is 13.0 Å². The third-order valence-electron chi connectivity index (χ3n) is 3.55. The number of anilines is 3. The van der Waals surface area contributed by atoms with Crippen molar-refractivity contribution in [2.45, 2.75) is 13.5 Å². The van der Waals surface area contributed by atoms with Crippen molar-refractivity contribution >= 4 is 34.3 Å². The van der Waals surface area contributed by atoms with Crippen LogP contribution in [0, 0.1) is 10.1 Å². The first-order valence-corrected chi connectivity index (χ1v) is 7.80. The SMILES string of the molecule is CCn1cnc2c(Nc3cccc([N+](=O)[O-])c3)nc(NCCN)nc21. The second kappa shape index (κ2) is 7.09. The Kier molecular flexibility index (Phi) is 4.70. The van der Waals surface area contributed by atoms with Crippen molar-refractivity contribution in [1.82, 2.24) is 19.5 Å². The Morgan fingerprint density at radius 3 is 2.92 bits per heavy atom. The molecule has 0 spiro atoms. The largest absolute Gasteiger partial charge is 0.353 e. The predicted octanol–water partition coefficient (Wildman–Crippen LogP) is 1.87. The number of hydrogen-bond donors (Lipinski definition) is 3. The van der Waals surface area contributed by atoms with Gasteiger partial charge >= 0.3 is 0 Å². The highest BCUT2D eigenvalue weighted by Gasteiger charge is 2.14. The summed E-state index contributed by atoms with van der Waals surface area (Å²) >= 11 is 0. The van der Waals surface area contributed by atoms with Gasteiger partial charge in [-0.15, -0.1) is 0 Å². The molecular weight excluding hydrogens is 324 g/mol. The maximum absolute atomic E-state index is 10.9. The number of nitrogens with zero attached hydrogens (tertiary/aromatic N) is 5. The summed E-state index contributed by atoms with van der Waals surface area (Å²) in [6, 6.07) is 6.21. The van der Waals surface area contributed by atoms with Gasteiger partial charge in [0.05, 0.1) is 11.3 Å². The molecule has 0 aliphatic rings. The number of hydrogen-bond acceptors (Lipinski definition) is 8. The Bertz CT molecular complexity index is 908. The van der Waals surface area contributed by atoms with Gasteiger partial charge in [-0.25, -0.2) is 4.98 Å². The molecule has 2 aromatic heterocycles. The summed E-state index contributed by atoms with van der Waals surface area (Å²) in [6.07, 6.45) is 1.69. The topological polar surface area (TPSA) is 137 Å².